The molecule has 0 bridgehead atoms. The summed E-state index contributed by atoms with van der Waals surface area (Å²) in [4.78, 5) is 4.21. The summed E-state index contributed by atoms with van der Waals surface area (Å²) >= 11 is 0. The zero-order chi connectivity index (χ0) is 17.0. The van der Waals surface area contributed by atoms with Crippen molar-refractivity contribution in [3.8, 4) is 11.5 Å². The lowest BCUT2D eigenvalue weighted by atomic mass is 10.1. The Bertz CT molecular complexity index is 630. The molecule has 2 aromatic rings. The van der Waals surface area contributed by atoms with E-state index < -0.39 is 0 Å². The summed E-state index contributed by atoms with van der Waals surface area (Å²) in [5.41, 5.74) is 1.18. The van der Waals surface area contributed by atoms with Gasteiger partial charge in [-0.3, -0.25) is 4.99 Å². The molecule has 2 aromatic carbocycles. The first-order chi connectivity index (χ1) is 11.8. The van der Waals surface area contributed by atoms with Crippen LogP contribution in [0.25, 0.3) is 0 Å². The maximum atomic E-state index is 5.64. The summed E-state index contributed by atoms with van der Waals surface area (Å²) in [6, 6.07) is 17.8. The lowest BCUT2D eigenvalue weighted by Gasteiger charge is -2.13. The highest BCUT2D eigenvalue weighted by Crippen LogP contribution is 2.17. The lowest BCUT2D eigenvalue weighted by Crippen LogP contribution is -2.40. The fraction of sp³-hybridized carbons (Fsp3) is 0.316. The van der Waals surface area contributed by atoms with E-state index in [2.05, 4.69) is 21.7 Å². The van der Waals surface area contributed by atoms with Gasteiger partial charge in [-0.15, -0.1) is 0 Å². The van der Waals surface area contributed by atoms with Gasteiger partial charge in [0.05, 0.1) is 13.7 Å². The summed E-state index contributed by atoms with van der Waals surface area (Å²) in [5, 5.41) is 6.53. The van der Waals surface area contributed by atoms with Crippen LogP contribution in [0.3, 0.4) is 0 Å². The van der Waals surface area contributed by atoms with Gasteiger partial charge in [-0.1, -0.05) is 36.4 Å². The number of guanidine groups is 1. The summed E-state index contributed by atoms with van der Waals surface area (Å²) in [7, 11) is 3.45. The zero-order valence-electron chi connectivity index (χ0n) is 14.3. The Kier molecular flexibility index (Phi) is 7.47. The van der Waals surface area contributed by atoms with Crippen LogP contribution in [0.4, 0.5) is 0 Å². The molecule has 0 fully saturated rings. The van der Waals surface area contributed by atoms with Crippen molar-refractivity contribution < 1.29 is 9.47 Å². The molecule has 128 valence electrons. The third-order valence-corrected chi connectivity index (χ3v) is 3.51. The second kappa shape index (κ2) is 10.2. The van der Waals surface area contributed by atoms with Crippen LogP contribution < -0.4 is 20.1 Å². The maximum Gasteiger partial charge on any atom is 0.191 e. The van der Waals surface area contributed by atoms with E-state index in [0.29, 0.717) is 13.2 Å². The predicted molar refractivity (Wildman–Crippen MR) is 98.0 cm³/mol. The van der Waals surface area contributed by atoms with E-state index in [4.69, 9.17) is 9.47 Å². The first-order valence-corrected chi connectivity index (χ1v) is 8.07. The van der Waals surface area contributed by atoms with Gasteiger partial charge in [0.15, 0.2) is 5.96 Å². The van der Waals surface area contributed by atoms with Crippen molar-refractivity contribution in [2.45, 2.75) is 6.42 Å². The molecule has 2 rings (SSSR count). The van der Waals surface area contributed by atoms with E-state index in [1.807, 2.05) is 48.5 Å². The number of hydrogen-bond acceptors (Lipinski definition) is 3. The van der Waals surface area contributed by atoms with Gasteiger partial charge in [-0.25, -0.2) is 0 Å². The van der Waals surface area contributed by atoms with E-state index in [0.717, 1.165) is 30.4 Å². The topological polar surface area (TPSA) is 54.9 Å². The highest BCUT2D eigenvalue weighted by molar-refractivity contribution is 5.79. The van der Waals surface area contributed by atoms with Crippen molar-refractivity contribution >= 4 is 5.96 Å². The standard InChI is InChI=1S/C19H25N3O2/c1-20-19(22-14-15-24-17-9-4-3-5-10-17)21-13-12-16-8-6-7-11-18(16)23-2/h3-11H,12-15H2,1-2H3,(H2,20,21,22). The van der Waals surface area contributed by atoms with Gasteiger partial charge in [0.1, 0.15) is 18.1 Å². The van der Waals surface area contributed by atoms with Crippen LogP contribution in [0, 0.1) is 0 Å². The Balaban J connectivity index is 1.67. The second-order valence-electron chi connectivity index (χ2n) is 5.15. The summed E-state index contributed by atoms with van der Waals surface area (Å²) in [6.45, 7) is 2.04. The smallest absolute Gasteiger partial charge is 0.191 e. The number of para-hydroxylation sites is 2. The zero-order valence-corrected chi connectivity index (χ0v) is 14.3. The molecule has 0 saturated heterocycles. The maximum absolute atomic E-state index is 5.64. The third-order valence-electron chi connectivity index (χ3n) is 3.51. The van der Waals surface area contributed by atoms with Crippen LogP contribution in [0.1, 0.15) is 5.56 Å². The van der Waals surface area contributed by atoms with Gasteiger partial charge in [-0.2, -0.15) is 0 Å². The minimum atomic E-state index is 0.581. The van der Waals surface area contributed by atoms with Crippen LogP contribution in [0.5, 0.6) is 11.5 Å². The van der Waals surface area contributed by atoms with Crippen LogP contribution in [-0.4, -0.2) is 39.8 Å². The fourth-order valence-corrected chi connectivity index (χ4v) is 2.30. The molecule has 0 saturated carbocycles. The van der Waals surface area contributed by atoms with E-state index in [-0.39, 0.29) is 0 Å². The van der Waals surface area contributed by atoms with Gasteiger partial charge in [-0.05, 0) is 30.2 Å². The summed E-state index contributed by atoms with van der Waals surface area (Å²) < 4.78 is 11.0. The number of benzene rings is 2. The molecule has 0 aromatic heterocycles. The number of rotatable bonds is 8. The lowest BCUT2D eigenvalue weighted by molar-refractivity contribution is 0.322. The first-order valence-electron chi connectivity index (χ1n) is 8.07. The SMILES string of the molecule is CN=C(NCCOc1ccccc1)NCCc1ccccc1OC. The van der Waals surface area contributed by atoms with Crippen molar-refractivity contribution in [3.63, 3.8) is 0 Å². The number of methoxy groups -OCH3 is 1. The summed E-state index contributed by atoms with van der Waals surface area (Å²) in [5.74, 6) is 2.55. The van der Waals surface area contributed by atoms with Crippen molar-refractivity contribution in [2.24, 2.45) is 4.99 Å². The molecule has 0 aliphatic carbocycles. The van der Waals surface area contributed by atoms with Gasteiger partial charge in [0.2, 0.25) is 0 Å². The Morgan fingerprint density at radius 2 is 1.67 bits per heavy atom. The Morgan fingerprint density at radius 1 is 0.958 bits per heavy atom. The molecular weight excluding hydrogens is 302 g/mol. The van der Waals surface area contributed by atoms with E-state index >= 15 is 0 Å². The summed E-state index contributed by atoms with van der Waals surface area (Å²) in [6.07, 6.45) is 0.866. The Labute approximate surface area is 143 Å². The molecule has 0 spiro atoms. The first kappa shape index (κ1) is 17.7. The molecule has 2 N–H and O–H groups in total. The van der Waals surface area contributed by atoms with Gasteiger partial charge in [0, 0.05) is 13.6 Å². The monoisotopic (exact) mass is 327 g/mol. The molecule has 0 aliphatic rings. The molecule has 0 amide bonds. The average molecular weight is 327 g/mol. The van der Waals surface area contributed by atoms with E-state index in [1.165, 1.54) is 5.56 Å². The third kappa shape index (κ3) is 5.83. The Hall–Kier alpha value is -2.69. The molecule has 5 heteroatoms. The highest BCUT2D eigenvalue weighted by atomic mass is 16.5. The number of hydrogen-bond donors (Lipinski definition) is 2. The fourth-order valence-electron chi connectivity index (χ4n) is 2.30. The molecule has 0 heterocycles. The van der Waals surface area contributed by atoms with Crippen molar-refractivity contribution in [3.05, 3.63) is 60.2 Å². The number of nitrogens with one attached hydrogen (secondary N) is 2. The average Bonchev–Trinajstić information content (AvgIpc) is 2.65. The molecule has 5 nitrogen and oxygen atoms in total. The molecule has 0 atom stereocenters. The quantitative estimate of drug-likeness (QED) is 0.444. The van der Waals surface area contributed by atoms with Crippen LogP contribution in [-0.2, 0) is 6.42 Å². The normalized spacial score (nSPS) is 11.0. The van der Waals surface area contributed by atoms with Gasteiger partial charge in [0.25, 0.3) is 0 Å². The minimum absolute atomic E-state index is 0.581. The molecule has 0 unspecified atom stereocenters. The molecule has 0 aliphatic heterocycles. The van der Waals surface area contributed by atoms with Crippen LogP contribution in [0.15, 0.2) is 59.6 Å². The molecular formula is C19H25N3O2. The van der Waals surface area contributed by atoms with Gasteiger partial charge < -0.3 is 20.1 Å². The van der Waals surface area contributed by atoms with Crippen molar-refractivity contribution in [1.29, 1.82) is 0 Å². The predicted octanol–water partition coefficient (Wildman–Crippen LogP) is 2.48. The van der Waals surface area contributed by atoms with Crippen molar-refractivity contribution in [1.82, 2.24) is 10.6 Å². The minimum Gasteiger partial charge on any atom is -0.496 e. The Morgan fingerprint density at radius 3 is 2.42 bits per heavy atom. The second-order valence-corrected chi connectivity index (χ2v) is 5.15. The number of nitrogens with zero attached hydrogens (tertiary/aromatic N) is 1. The van der Waals surface area contributed by atoms with Gasteiger partial charge >= 0.3 is 0 Å². The van der Waals surface area contributed by atoms with Crippen LogP contribution in [0.2, 0.25) is 0 Å². The number of aliphatic imine (C=N–C) groups is 1. The van der Waals surface area contributed by atoms with Crippen LogP contribution >= 0.6 is 0 Å². The highest BCUT2D eigenvalue weighted by Gasteiger charge is 2.02. The molecule has 24 heavy (non-hydrogen) atoms. The molecule has 0 radical (unpaired) electrons. The van der Waals surface area contributed by atoms with E-state index in [1.54, 1.807) is 14.2 Å². The largest absolute Gasteiger partial charge is 0.496 e. The van der Waals surface area contributed by atoms with E-state index in [9.17, 15) is 0 Å². The number of ether oxygens (including phenoxy) is 2. The van der Waals surface area contributed by atoms with Crippen molar-refractivity contribution in [2.75, 3.05) is 33.9 Å².